The Kier molecular flexibility index (Phi) is 5.05. The van der Waals surface area contributed by atoms with E-state index in [4.69, 9.17) is 0 Å². The molecular formula is C13H16N2O3. The molecule has 0 saturated heterocycles. The van der Waals surface area contributed by atoms with Crippen molar-refractivity contribution in [1.82, 2.24) is 5.32 Å². The normalized spacial score (nSPS) is 10.8. The zero-order valence-electron chi connectivity index (χ0n) is 10.4. The predicted molar refractivity (Wildman–Crippen MR) is 70.0 cm³/mol. The van der Waals surface area contributed by atoms with Crippen LogP contribution >= 0.6 is 0 Å². The van der Waals surface area contributed by atoms with E-state index in [9.17, 15) is 14.9 Å². The highest BCUT2D eigenvalue weighted by Crippen LogP contribution is 2.12. The van der Waals surface area contributed by atoms with Crippen molar-refractivity contribution in [2.75, 3.05) is 6.54 Å². The molecule has 0 heterocycles. The average molecular weight is 248 g/mol. The molecule has 18 heavy (non-hydrogen) atoms. The van der Waals surface area contributed by atoms with E-state index in [-0.39, 0.29) is 11.6 Å². The Balaban J connectivity index is 2.56. The number of rotatable bonds is 5. The molecule has 0 aliphatic rings. The van der Waals surface area contributed by atoms with Gasteiger partial charge in [0.05, 0.1) is 4.92 Å². The van der Waals surface area contributed by atoms with E-state index in [1.54, 1.807) is 18.2 Å². The van der Waals surface area contributed by atoms with Gasteiger partial charge in [-0.05, 0) is 29.7 Å². The van der Waals surface area contributed by atoms with Crippen molar-refractivity contribution < 1.29 is 9.72 Å². The van der Waals surface area contributed by atoms with Crippen LogP contribution in [-0.2, 0) is 4.79 Å². The van der Waals surface area contributed by atoms with Crippen LogP contribution in [-0.4, -0.2) is 17.4 Å². The fraction of sp³-hybridized carbons (Fsp3) is 0.308. The second kappa shape index (κ2) is 6.54. The third kappa shape index (κ3) is 4.78. The largest absolute Gasteiger partial charge is 0.352 e. The summed E-state index contributed by atoms with van der Waals surface area (Å²) in [4.78, 5) is 21.4. The maximum atomic E-state index is 11.4. The molecule has 0 radical (unpaired) electrons. The Labute approximate surface area is 106 Å². The highest BCUT2D eigenvalue weighted by atomic mass is 16.6. The molecule has 1 aromatic rings. The van der Waals surface area contributed by atoms with Crippen molar-refractivity contribution in [3.05, 3.63) is 46.0 Å². The van der Waals surface area contributed by atoms with E-state index >= 15 is 0 Å². The first-order chi connectivity index (χ1) is 8.49. The summed E-state index contributed by atoms with van der Waals surface area (Å²) in [7, 11) is 0. The van der Waals surface area contributed by atoms with Crippen molar-refractivity contribution in [3.8, 4) is 0 Å². The maximum absolute atomic E-state index is 11.4. The molecule has 0 aliphatic carbocycles. The number of non-ortho nitro benzene ring substituents is 1. The van der Waals surface area contributed by atoms with E-state index in [0.29, 0.717) is 12.5 Å². The molecule has 0 bridgehead atoms. The first kappa shape index (κ1) is 13.9. The highest BCUT2D eigenvalue weighted by molar-refractivity contribution is 5.91. The molecule has 0 saturated carbocycles. The number of amides is 1. The molecule has 0 atom stereocenters. The number of nitro benzene ring substituents is 1. The number of nitro groups is 1. The van der Waals surface area contributed by atoms with Crippen molar-refractivity contribution >= 4 is 17.7 Å². The van der Waals surface area contributed by atoms with Crippen LogP contribution in [0.1, 0.15) is 19.4 Å². The Morgan fingerprint density at radius 2 is 2.00 bits per heavy atom. The Bertz CT molecular complexity index is 450. The fourth-order valence-corrected chi connectivity index (χ4v) is 1.24. The Morgan fingerprint density at radius 1 is 1.39 bits per heavy atom. The molecule has 1 rings (SSSR count). The third-order valence-corrected chi connectivity index (χ3v) is 2.22. The van der Waals surface area contributed by atoms with Gasteiger partial charge in [0.2, 0.25) is 5.91 Å². The van der Waals surface area contributed by atoms with Crippen LogP contribution in [0.25, 0.3) is 6.08 Å². The lowest BCUT2D eigenvalue weighted by molar-refractivity contribution is -0.384. The van der Waals surface area contributed by atoms with Gasteiger partial charge >= 0.3 is 0 Å². The first-order valence-electron chi connectivity index (χ1n) is 5.69. The van der Waals surface area contributed by atoms with Gasteiger partial charge in [-0.1, -0.05) is 13.8 Å². The molecule has 5 heteroatoms. The summed E-state index contributed by atoms with van der Waals surface area (Å²) in [6.45, 7) is 4.66. The van der Waals surface area contributed by atoms with Crippen molar-refractivity contribution in [2.45, 2.75) is 13.8 Å². The SMILES string of the molecule is CC(C)CNC(=O)/C=C/c1ccc([N+](=O)[O-])cc1. The second-order valence-electron chi connectivity index (χ2n) is 4.32. The summed E-state index contributed by atoms with van der Waals surface area (Å²) in [5.41, 5.74) is 0.789. The molecule has 1 aromatic carbocycles. The molecule has 1 N–H and O–H groups in total. The summed E-state index contributed by atoms with van der Waals surface area (Å²) in [6.07, 6.45) is 3.04. The van der Waals surface area contributed by atoms with Crippen LogP contribution in [0.15, 0.2) is 30.3 Å². The number of benzene rings is 1. The summed E-state index contributed by atoms with van der Waals surface area (Å²) in [6, 6.07) is 6.02. The molecule has 0 aromatic heterocycles. The minimum absolute atomic E-state index is 0.0383. The number of hydrogen-bond acceptors (Lipinski definition) is 3. The predicted octanol–water partition coefficient (Wildman–Crippen LogP) is 2.38. The van der Waals surface area contributed by atoms with Crippen LogP contribution in [0.2, 0.25) is 0 Å². The molecule has 0 aliphatic heterocycles. The number of carbonyl (C=O) groups excluding carboxylic acids is 1. The molecule has 96 valence electrons. The number of carbonyl (C=O) groups is 1. The molecule has 1 amide bonds. The monoisotopic (exact) mass is 248 g/mol. The molecular weight excluding hydrogens is 232 g/mol. The van der Waals surface area contributed by atoms with E-state index in [0.717, 1.165) is 5.56 Å². The lowest BCUT2D eigenvalue weighted by atomic mass is 10.2. The Morgan fingerprint density at radius 3 is 2.50 bits per heavy atom. The van der Waals surface area contributed by atoms with Crippen LogP contribution in [0.4, 0.5) is 5.69 Å². The van der Waals surface area contributed by atoms with Gasteiger partial charge in [-0.25, -0.2) is 0 Å². The van der Waals surface area contributed by atoms with Crippen LogP contribution < -0.4 is 5.32 Å². The van der Waals surface area contributed by atoms with Crippen molar-refractivity contribution in [1.29, 1.82) is 0 Å². The van der Waals surface area contributed by atoms with Gasteiger partial charge in [-0.3, -0.25) is 14.9 Å². The van der Waals surface area contributed by atoms with Crippen LogP contribution in [0, 0.1) is 16.0 Å². The molecule has 5 nitrogen and oxygen atoms in total. The lowest BCUT2D eigenvalue weighted by Gasteiger charge is -2.04. The van der Waals surface area contributed by atoms with Gasteiger partial charge in [-0.2, -0.15) is 0 Å². The maximum Gasteiger partial charge on any atom is 0.269 e. The van der Waals surface area contributed by atoms with Crippen LogP contribution in [0.5, 0.6) is 0 Å². The summed E-state index contributed by atoms with van der Waals surface area (Å²) in [5.74, 6) is 0.240. The van der Waals surface area contributed by atoms with Crippen molar-refractivity contribution in [3.63, 3.8) is 0 Å². The number of nitrogens with one attached hydrogen (secondary N) is 1. The molecule has 0 spiro atoms. The van der Waals surface area contributed by atoms with E-state index < -0.39 is 4.92 Å². The average Bonchev–Trinajstić information content (AvgIpc) is 2.34. The smallest absolute Gasteiger partial charge is 0.269 e. The highest BCUT2D eigenvalue weighted by Gasteiger charge is 2.02. The Hall–Kier alpha value is -2.17. The zero-order valence-corrected chi connectivity index (χ0v) is 10.4. The standard InChI is InChI=1S/C13H16N2O3/c1-10(2)9-14-13(16)8-5-11-3-6-12(7-4-11)15(17)18/h3-8,10H,9H2,1-2H3,(H,14,16)/b8-5+. The first-order valence-corrected chi connectivity index (χ1v) is 5.69. The number of nitrogens with zero attached hydrogens (tertiary/aromatic N) is 1. The van der Waals surface area contributed by atoms with Gasteiger partial charge in [0, 0.05) is 24.8 Å². The summed E-state index contributed by atoms with van der Waals surface area (Å²) in [5, 5.41) is 13.2. The topological polar surface area (TPSA) is 72.2 Å². The third-order valence-electron chi connectivity index (χ3n) is 2.22. The fourth-order valence-electron chi connectivity index (χ4n) is 1.24. The quantitative estimate of drug-likeness (QED) is 0.494. The minimum Gasteiger partial charge on any atom is -0.352 e. The molecule has 0 unspecified atom stereocenters. The second-order valence-corrected chi connectivity index (χ2v) is 4.32. The van der Waals surface area contributed by atoms with Crippen molar-refractivity contribution in [2.24, 2.45) is 5.92 Å². The van der Waals surface area contributed by atoms with Gasteiger partial charge in [0.25, 0.3) is 5.69 Å². The van der Waals surface area contributed by atoms with E-state index in [1.807, 2.05) is 13.8 Å². The van der Waals surface area contributed by atoms with Crippen LogP contribution in [0.3, 0.4) is 0 Å². The zero-order chi connectivity index (χ0) is 13.5. The minimum atomic E-state index is -0.456. The van der Waals surface area contributed by atoms with Gasteiger partial charge in [0.15, 0.2) is 0 Å². The van der Waals surface area contributed by atoms with E-state index in [1.165, 1.54) is 18.2 Å². The summed E-state index contributed by atoms with van der Waals surface area (Å²) >= 11 is 0. The number of hydrogen-bond donors (Lipinski definition) is 1. The van der Waals surface area contributed by atoms with Gasteiger partial charge < -0.3 is 5.32 Å². The molecule has 0 fully saturated rings. The van der Waals surface area contributed by atoms with E-state index in [2.05, 4.69) is 5.32 Å². The summed E-state index contributed by atoms with van der Waals surface area (Å²) < 4.78 is 0. The van der Waals surface area contributed by atoms with Gasteiger partial charge in [0.1, 0.15) is 0 Å². The van der Waals surface area contributed by atoms with Gasteiger partial charge in [-0.15, -0.1) is 0 Å². The lowest BCUT2D eigenvalue weighted by Crippen LogP contribution is -2.25.